The summed E-state index contributed by atoms with van der Waals surface area (Å²) in [6.45, 7) is 2.57. The summed E-state index contributed by atoms with van der Waals surface area (Å²) >= 11 is 0. The predicted octanol–water partition coefficient (Wildman–Crippen LogP) is -0.887. The van der Waals surface area contributed by atoms with E-state index in [-0.39, 0.29) is 12.3 Å². The van der Waals surface area contributed by atoms with E-state index in [1.807, 2.05) is 4.90 Å². The van der Waals surface area contributed by atoms with E-state index in [4.69, 9.17) is 0 Å². The van der Waals surface area contributed by atoms with Gasteiger partial charge < -0.3 is 15.1 Å². The van der Waals surface area contributed by atoms with Crippen molar-refractivity contribution < 1.29 is 14.4 Å². The van der Waals surface area contributed by atoms with Crippen molar-refractivity contribution in [3.05, 3.63) is 18.5 Å². The Hall–Kier alpha value is -2.71. The summed E-state index contributed by atoms with van der Waals surface area (Å²) < 4.78 is 0. The van der Waals surface area contributed by atoms with Gasteiger partial charge in [-0.25, -0.2) is 14.8 Å². The Morgan fingerprint density at radius 1 is 1.17 bits per heavy atom. The number of aromatic nitrogens is 2. The monoisotopic (exact) mass is 318 g/mol. The molecule has 3 rings (SSSR count). The maximum atomic E-state index is 12.3. The molecule has 122 valence electrons. The number of amides is 4. The Bertz CT molecular complexity index is 608. The number of hydrogen-bond acceptors (Lipinski definition) is 6. The van der Waals surface area contributed by atoms with E-state index in [1.54, 1.807) is 23.4 Å². The highest BCUT2D eigenvalue weighted by atomic mass is 16.2. The number of carbonyl (C=O) groups is 3. The summed E-state index contributed by atoms with van der Waals surface area (Å²) in [5.74, 6) is 0.0740. The lowest BCUT2D eigenvalue weighted by Gasteiger charge is -2.22. The highest BCUT2D eigenvalue weighted by Gasteiger charge is 2.33. The molecule has 2 aliphatic heterocycles. The number of anilines is 1. The zero-order valence-corrected chi connectivity index (χ0v) is 12.6. The van der Waals surface area contributed by atoms with Crippen LogP contribution in [0.5, 0.6) is 0 Å². The van der Waals surface area contributed by atoms with Gasteiger partial charge in [0.15, 0.2) is 0 Å². The minimum absolute atomic E-state index is 0.0145. The van der Waals surface area contributed by atoms with Crippen molar-refractivity contribution in [1.82, 2.24) is 25.5 Å². The van der Waals surface area contributed by atoms with E-state index >= 15 is 0 Å². The second-order valence-corrected chi connectivity index (χ2v) is 5.49. The van der Waals surface area contributed by atoms with Crippen LogP contribution in [0.4, 0.5) is 10.7 Å². The molecule has 4 amide bonds. The standard InChI is InChI=1S/C14H18N6O3/c21-11(9-10-12(22)18-14(23)17-10)19-5-2-6-20(8-7-19)13-15-3-1-4-16-13/h1,3-4,10H,2,5-9H2,(H2,17,18,22,23)/t10-/m0/s1. The number of rotatable bonds is 3. The van der Waals surface area contributed by atoms with Gasteiger partial charge in [0.05, 0.1) is 6.42 Å². The van der Waals surface area contributed by atoms with Crippen LogP contribution >= 0.6 is 0 Å². The van der Waals surface area contributed by atoms with Crippen molar-refractivity contribution in [2.24, 2.45) is 0 Å². The number of nitrogens with one attached hydrogen (secondary N) is 2. The summed E-state index contributed by atoms with van der Waals surface area (Å²) in [5.41, 5.74) is 0. The van der Waals surface area contributed by atoms with Crippen LogP contribution in [-0.2, 0) is 9.59 Å². The molecule has 0 aromatic carbocycles. The van der Waals surface area contributed by atoms with Gasteiger partial charge in [0, 0.05) is 38.6 Å². The number of imide groups is 1. The van der Waals surface area contributed by atoms with E-state index in [1.165, 1.54) is 0 Å². The largest absolute Gasteiger partial charge is 0.341 e. The highest BCUT2D eigenvalue weighted by Crippen LogP contribution is 2.12. The molecule has 1 atom stereocenters. The number of hydrogen-bond donors (Lipinski definition) is 2. The average Bonchev–Trinajstić information content (AvgIpc) is 2.76. The Balaban J connectivity index is 1.56. The first-order valence-corrected chi connectivity index (χ1v) is 7.54. The van der Waals surface area contributed by atoms with Crippen LogP contribution in [0.15, 0.2) is 18.5 Å². The smallest absolute Gasteiger partial charge is 0.322 e. The molecule has 2 aliphatic rings. The summed E-state index contributed by atoms with van der Waals surface area (Å²) in [5, 5.41) is 4.58. The molecular formula is C14H18N6O3. The lowest BCUT2D eigenvalue weighted by atomic mass is 10.2. The summed E-state index contributed by atoms with van der Waals surface area (Å²) in [6, 6.07) is 0.445. The molecule has 0 radical (unpaired) electrons. The lowest BCUT2D eigenvalue weighted by Crippen LogP contribution is -2.40. The van der Waals surface area contributed by atoms with Crippen LogP contribution in [-0.4, -0.2) is 64.9 Å². The summed E-state index contributed by atoms with van der Waals surface area (Å²) in [7, 11) is 0. The van der Waals surface area contributed by atoms with Crippen molar-refractivity contribution in [2.75, 3.05) is 31.1 Å². The van der Waals surface area contributed by atoms with Gasteiger partial charge in [-0.2, -0.15) is 0 Å². The van der Waals surface area contributed by atoms with Gasteiger partial charge in [0.2, 0.25) is 11.9 Å². The number of urea groups is 1. The molecule has 9 heteroatoms. The topological polar surface area (TPSA) is 108 Å². The van der Waals surface area contributed by atoms with E-state index < -0.39 is 18.0 Å². The first kappa shape index (κ1) is 15.2. The highest BCUT2D eigenvalue weighted by molar-refractivity contribution is 6.05. The van der Waals surface area contributed by atoms with Crippen molar-refractivity contribution in [3.8, 4) is 0 Å². The molecule has 1 aromatic rings. The van der Waals surface area contributed by atoms with Gasteiger partial charge in [0.25, 0.3) is 5.91 Å². The van der Waals surface area contributed by atoms with Crippen LogP contribution in [0.1, 0.15) is 12.8 Å². The molecular weight excluding hydrogens is 300 g/mol. The normalized spacial score (nSPS) is 21.7. The van der Waals surface area contributed by atoms with Crippen LogP contribution < -0.4 is 15.5 Å². The third-order valence-corrected chi connectivity index (χ3v) is 3.92. The fraction of sp³-hybridized carbons (Fsp3) is 0.500. The molecule has 0 unspecified atom stereocenters. The van der Waals surface area contributed by atoms with E-state index in [0.717, 1.165) is 13.0 Å². The molecule has 1 aromatic heterocycles. The molecule has 3 heterocycles. The van der Waals surface area contributed by atoms with Crippen LogP contribution in [0, 0.1) is 0 Å². The van der Waals surface area contributed by atoms with Gasteiger partial charge >= 0.3 is 6.03 Å². The second kappa shape index (κ2) is 6.59. The quantitative estimate of drug-likeness (QED) is 0.700. The molecule has 9 nitrogen and oxygen atoms in total. The van der Waals surface area contributed by atoms with E-state index in [9.17, 15) is 14.4 Å². The van der Waals surface area contributed by atoms with Gasteiger partial charge in [-0.05, 0) is 12.5 Å². The van der Waals surface area contributed by atoms with Gasteiger partial charge in [-0.1, -0.05) is 0 Å². The van der Waals surface area contributed by atoms with Gasteiger partial charge in [-0.15, -0.1) is 0 Å². The van der Waals surface area contributed by atoms with Crippen LogP contribution in [0.2, 0.25) is 0 Å². The van der Waals surface area contributed by atoms with Crippen molar-refractivity contribution >= 4 is 23.8 Å². The zero-order chi connectivity index (χ0) is 16.2. The van der Waals surface area contributed by atoms with Crippen LogP contribution in [0.3, 0.4) is 0 Å². The molecule has 2 fully saturated rings. The maximum Gasteiger partial charge on any atom is 0.322 e. The van der Waals surface area contributed by atoms with Crippen molar-refractivity contribution in [3.63, 3.8) is 0 Å². The maximum absolute atomic E-state index is 12.3. The summed E-state index contributed by atoms with van der Waals surface area (Å²) in [6.07, 6.45) is 4.17. The Morgan fingerprint density at radius 3 is 2.65 bits per heavy atom. The predicted molar refractivity (Wildman–Crippen MR) is 80.5 cm³/mol. The van der Waals surface area contributed by atoms with Gasteiger partial charge in [-0.3, -0.25) is 14.9 Å². The minimum Gasteiger partial charge on any atom is -0.341 e. The number of nitrogens with zero attached hydrogens (tertiary/aromatic N) is 4. The first-order chi connectivity index (χ1) is 11.1. The summed E-state index contributed by atoms with van der Waals surface area (Å²) in [4.78, 5) is 47.2. The fourth-order valence-corrected chi connectivity index (χ4v) is 2.73. The number of carbonyl (C=O) groups excluding carboxylic acids is 3. The van der Waals surface area contributed by atoms with Crippen molar-refractivity contribution in [2.45, 2.75) is 18.9 Å². The zero-order valence-electron chi connectivity index (χ0n) is 12.6. The van der Waals surface area contributed by atoms with Crippen molar-refractivity contribution in [1.29, 1.82) is 0 Å². The molecule has 0 aliphatic carbocycles. The van der Waals surface area contributed by atoms with Gasteiger partial charge in [0.1, 0.15) is 6.04 Å². The second-order valence-electron chi connectivity index (χ2n) is 5.49. The third kappa shape index (κ3) is 3.55. The molecule has 2 N–H and O–H groups in total. The average molecular weight is 318 g/mol. The fourth-order valence-electron chi connectivity index (χ4n) is 2.73. The molecule has 0 bridgehead atoms. The van der Waals surface area contributed by atoms with E-state index in [2.05, 4.69) is 20.6 Å². The lowest BCUT2D eigenvalue weighted by molar-refractivity contribution is -0.133. The SMILES string of the molecule is O=C1NC(=O)[C@H](CC(=O)N2CCCN(c3ncccn3)CC2)N1. The molecule has 2 saturated heterocycles. The first-order valence-electron chi connectivity index (χ1n) is 7.54. The third-order valence-electron chi connectivity index (χ3n) is 3.92. The van der Waals surface area contributed by atoms with Crippen LogP contribution in [0.25, 0.3) is 0 Å². The molecule has 0 spiro atoms. The van der Waals surface area contributed by atoms with E-state index in [0.29, 0.717) is 25.6 Å². The minimum atomic E-state index is -0.771. The Morgan fingerprint density at radius 2 is 1.96 bits per heavy atom. The molecule has 0 saturated carbocycles. The Kier molecular flexibility index (Phi) is 4.35. The molecule has 23 heavy (non-hydrogen) atoms. The Labute approximate surface area is 133 Å².